The van der Waals surface area contributed by atoms with Crippen molar-refractivity contribution in [2.45, 2.75) is 37.9 Å². The number of sulfonamides is 1. The number of aromatic nitrogens is 3. The third kappa shape index (κ3) is 4.43. The van der Waals surface area contributed by atoms with E-state index in [1.807, 2.05) is 0 Å². The number of nitrogens with zero attached hydrogens (tertiary/aromatic N) is 4. The third-order valence-electron chi connectivity index (χ3n) is 5.65. The molecule has 0 saturated heterocycles. The first kappa shape index (κ1) is 25.3. The van der Waals surface area contributed by atoms with E-state index in [0.29, 0.717) is 29.2 Å². The molecule has 0 saturated carbocycles. The number of hydrogen-bond acceptors (Lipinski definition) is 5. The maximum atomic E-state index is 14.5. The summed E-state index contributed by atoms with van der Waals surface area (Å²) in [5, 5.41) is 10.3. The molecule has 36 heavy (non-hydrogen) atoms. The molecule has 0 unspecified atom stereocenters. The SMILES string of the molecule is Cc1cc2c(cc1F)c(C#N)c(-c1ncc(S(=O)(=O)N[C@@H](C)C(F)(F)F)cc1C)n2-c1ccccn1. The van der Waals surface area contributed by atoms with E-state index >= 15 is 0 Å². The van der Waals surface area contributed by atoms with Gasteiger partial charge in [-0.05, 0) is 62.2 Å². The van der Waals surface area contributed by atoms with E-state index < -0.39 is 33.0 Å². The van der Waals surface area contributed by atoms with Gasteiger partial charge in [-0.3, -0.25) is 9.55 Å². The molecule has 0 radical (unpaired) electrons. The van der Waals surface area contributed by atoms with Crippen LogP contribution < -0.4 is 4.72 Å². The van der Waals surface area contributed by atoms with Crippen LogP contribution in [0, 0.1) is 31.0 Å². The minimum absolute atomic E-state index is 0.0876. The molecule has 4 rings (SSSR count). The maximum absolute atomic E-state index is 14.5. The molecular weight excluding hydrogens is 498 g/mol. The fourth-order valence-corrected chi connectivity index (χ4v) is 5.04. The zero-order valence-electron chi connectivity index (χ0n) is 19.2. The lowest BCUT2D eigenvalue weighted by molar-refractivity contribution is -0.147. The van der Waals surface area contributed by atoms with Crippen LogP contribution in [0.1, 0.15) is 23.6 Å². The Morgan fingerprint density at radius 3 is 2.42 bits per heavy atom. The van der Waals surface area contributed by atoms with E-state index in [0.717, 1.165) is 6.20 Å². The molecule has 3 aromatic heterocycles. The quantitative estimate of drug-likeness (QED) is 0.378. The lowest BCUT2D eigenvalue weighted by Crippen LogP contribution is -2.43. The van der Waals surface area contributed by atoms with Crippen molar-refractivity contribution in [3.05, 3.63) is 71.3 Å². The van der Waals surface area contributed by atoms with E-state index in [1.54, 1.807) is 40.5 Å². The van der Waals surface area contributed by atoms with E-state index in [1.165, 1.54) is 25.3 Å². The summed E-state index contributed by atoms with van der Waals surface area (Å²) < 4.78 is 81.5. The summed E-state index contributed by atoms with van der Waals surface area (Å²) in [6.45, 7) is 3.79. The van der Waals surface area contributed by atoms with Crippen LogP contribution in [0.3, 0.4) is 0 Å². The van der Waals surface area contributed by atoms with Crippen molar-refractivity contribution in [3.63, 3.8) is 0 Å². The highest BCUT2D eigenvalue weighted by molar-refractivity contribution is 7.89. The number of nitrogens with one attached hydrogen (secondary N) is 1. The minimum atomic E-state index is -4.77. The highest BCUT2D eigenvalue weighted by atomic mass is 32.2. The summed E-state index contributed by atoms with van der Waals surface area (Å²) in [6, 6.07) is 8.85. The lowest BCUT2D eigenvalue weighted by Gasteiger charge is -2.18. The smallest absolute Gasteiger partial charge is 0.291 e. The molecule has 4 aromatic rings. The predicted molar refractivity (Wildman–Crippen MR) is 124 cm³/mol. The highest BCUT2D eigenvalue weighted by Gasteiger charge is 2.39. The molecule has 0 aliphatic heterocycles. The number of halogens is 4. The van der Waals surface area contributed by atoms with Crippen LogP contribution in [0.25, 0.3) is 28.1 Å². The Morgan fingerprint density at radius 1 is 1.11 bits per heavy atom. The normalized spacial score (nSPS) is 13.1. The first-order valence-electron chi connectivity index (χ1n) is 10.6. The van der Waals surface area contributed by atoms with Crippen LogP contribution in [0.15, 0.2) is 53.7 Å². The molecule has 0 spiro atoms. The van der Waals surface area contributed by atoms with Crippen molar-refractivity contribution in [1.29, 1.82) is 5.26 Å². The van der Waals surface area contributed by atoms with Gasteiger partial charge in [-0.2, -0.15) is 23.2 Å². The number of benzene rings is 1. The summed E-state index contributed by atoms with van der Waals surface area (Å²) in [6.07, 6.45) is -2.31. The Hall–Kier alpha value is -3.82. The standard InChI is InChI=1S/C24H19F4N5O2S/c1-13-9-20-17(10-19(13)25)18(11-29)23(33(20)21-6-4-5-7-30-21)22-14(2)8-16(12-31-22)36(34,35)32-15(3)24(26,27)28/h4-10,12,15,32H,1-3H3/t15-/m0/s1. The van der Waals surface area contributed by atoms with Gasteiger partial charge in [-0.1, -0.05) is 6.07 Å². The zero-order valence-corrected chi connectivity index (χ0v) is 20.0. The van der Waals surface area contributed by atoms with E-state index in [2.05, 4.69) is 16.0 Å². The molecular formula is C24H19F4N5O2S. The maximum Gasteiger partial charge on any atom is 0.404 e. The summed E-state index contributed by atoms with van der Waals surface area (Å²) in [4.78, 5) is 8.10. The van der Waals surface area contributed by atoms with Gasteiger partial charge < -0.3 is 0 Å². The molecule has 12 heteroatoms. The number of hydrogen-bond donors (Lipinski definition) is 1. The summed E-state index contributed by atoms with van der Waals surface area (Å²) in [5.74, 6) is -0.108. The summed E-state index contributed by atoms with van der Waals surface area (Å²) in [7, 11) is -4.54. The van der Waals surface area contributed by atoms with Gasteiger partial charge in [-0.15, -0.1) is 0 Å². The van der Waals surface area contributed by atoms with E-state index in [9.17, 15) is 31.2 Å². The number of rotatable bonds is 5. The van der Waals surface area contributed by atoms with Gasteiger partial charge in [-0.25, -0.2) is 17.8 Å². The fourth-order valence-electron chi connectivity index (χ4n) is 3.78. The number of nitriles is 1. The molecule has 186 valence electrons. The van der Waals surface area contributed by atoms with Crippen molar-refractivity contribution in [3.8, 4) is 23.3 Å². The molecule has 3 heterocycles. The second kappa shape index (κ2) is 9.00. The molecule has 0 aliphatic carbocycles. The summed E-state index contributed by atoms with van der Waals surface area (Å²) >= 11 is 0. The molecule has 0 bridgehead atoms. The van der Waals surface area contributed by atoms with Crippen molar-refractivity contribution in [1.82, 2.24) is 19.3 Å². The Labute approximate surface area is 204 Å². The molecule has 0 aliphatic rings. The van der Waals surface area contributed by atoms with E-state index in [-0.39, 0.29) is 22.5 Å². The molecule has 0 amide bonds. The van der Waals surface area contributed by atoms with Crippen LogP contribution in [0.4, 0.5) is 17.6 Å². The average molecular weight is 518 g/mol. The Kier molecular flexibility index (Phi) is 6.32. The molecule has 1 atom stereocenters. The second-order valence-corrected chi connectivity index (χ2v) is 9.91. The number of aryl methyl sites for hydroxylation is 2. The lowest BCUT2D eigenvalue weighted by atomic mass is 10.1. The van der Waals surface area contributed by atoms with Crippen molar-refractivity contribution >= 4 is 20.9 Å². The summed E-state index contributed by atoms with van der Waals surface area (Å²) in [5.41, 5.74) is 1.61. The number of fused-ring (bicyclic) bond motifs is 1. The third-order valence-corrected chi connectivity index (χ3v) is 7.16. The largest absolute Gasteiger partial charge is 0.404 e. The van der Waals surface area contributed by atoms with Gasteiger partial charge in [0.25, 0.3) is 0 Å². The van der Waals surface area contributed by atoms with Crippen molar-refractivity contribution in [2.75, 3.05) is 0 Å². The minimum Gasteiger partial charge on any atom is -0.291 e. The zero-order chi connectivity index (χ0) is 26.4. The number of alkyl halides is 3. The van der Waals surface area contributed by atoms with Gasteiger partial charge in [0.15, 0.2) is 0 Å². The van der Waals surface area contributed by atoms with Crippen LogP contribution in [0.5, 0.6) is 0 Å². The van der Waals surface area contributed by atoms with Crippen LogP contribution in [0.2, 0.25) is 0 Å². The number of pyridine rings is 2. The van der Waals surface area contributed by atoms with Crippen LogP contribution >= 0.6 is 0 Å². The molecule has 0 fully saturated rings. The average Bonchev–Trinajstić information content (AvgIpc) is 3.11. The Morgan fingerprint density at radius 2 is 1.83 bits per heavy atom. The molecule has 1 aromatic carbocycles. The van der Waals surface area contributed by atoms with Crippen molar-refractivity contribution in [2.24, 2.45) is 0 Å². The van der Waals surface area contributed by atoms with Crippen molar-refractivity contribution < 1.29 is 26.0 Å². The Balaban J connectivity index is 1.96. The van der Waals surface area contributed by atoms with Gasteiger partial charge in [0.05, 0.1) is 22.5 Å². The topological polar surface area (TPSA) is 101 Å². The first-order valence-corrected chi connectivity index (χ1v) is 12.1. The molecule has 7 nitrogen and oxygen atoms in total. The first-order chi connectivity index (χ1) is 16.8. The van der Waals surface area contributed by atoms with Gasteiger partial charge in [0, 0.05) is 17.8 Å². The Bertz CT molecular complexity index is 1620. The predicted octanol–water partition coefficient (Wildman–Crippen LogP) is 4.94. The fraction of sp³-hybridized carbons (Fsp3) is 0.208. The van der Waals surface area contributed by atoms with Gasteiger partial charge in [0.2, 0.25) is 10.0 Å². The monoisotopic (exact) mass is 517 g/mol. The second-order valence-electron chi connectivity index (χ2n) is 8.20. The van der Waals surface area contributed by atoms with Gasteiger partial charge >= 0.3 is 6.18 Å². The highest BCUT2D eigenvalue weighted by Crippen LogP contribution is 2.37. The van der Waals surface area contributed by atoms with Crippen LogP contribution in [-0.2, 0) is 10.0 Å². The van der Waals surface area contributed by atoms with Crippen LogP contribution in [-0.4, -0.2) is 35.2 Å². The van der Waals surface area contributed by atoms with Gasteiger partial charge in [0.1, 0.15) is 28.6 Å². The molecule has 1 N–H and O–H groups in total. The van der Waals surface area contributed by atoms with E-state index in [4.69, 9.17) is 0 Å².